The first-order valence-corrected chi connectivity index (χ1v) is 4.72. The van der Waals surface area contributed by atoms with Gasteiger partial charge in [-0.15, -0.1) is 11.6 Å². The lowest BCUT2D eigenvalue weighted by molar-refractivity contribution is 1.35. The summed E-state index contributed by atoms with van der Waals surface area (Å²) < 4.78 is 0. The fourth-order valence-electron chi connectivity index (χ4n) is 0.717. The van der Waals surface area contributed by atoms with Gasteiger partial charge < -0.3 is 0 Å². The molecule has 10 heavy (non-hydrogen) atoms. The third kappa shape index (κ3) is 1.99. The van der Waals surface area contributed by atoms with E-state index in [1.54, 1.807) is 0 Å². The van der Waals surface area contributed by atoms with Gasteiger partial charge in [0.25, 0.3) is 0 Å². The Morgan fingerprint density at radius 1 is 1.10 bits per heavy atom. The van der Waals surface area contributed by atoms with Crippen molar-refractivity contribution in [2.24, 2.45) is 0 Å². The smallest absolute Gasteiger partial charge is 0.0474 e. The van der Waals surface area contributed by atoms with E-state index in [-0.39, 0.29) is 0 Å². The van der Waals surface area contributed by atoms with Crippen LogP contribution < -0.4 is 0 Å². The lowest BCUT2D eigenvalue weighted by Crippen LogP contribution is -1.79. The average molecular weight is 220 g/mol. The van der Waals surface area contributed by atoms with Gasteiger partial charge in [0.05, 0.1) is 0 Å². The Morgan fingerprint density at radius 3 is 2.00 bits per heavy atom. The van der Waals surface area contributed by atoms with Gasteiger partial charge in [-0.25, -0.2) is 0 Å². The summed E-state index contributed by atoms with van der Waals surface area (Å²) in [6.45, 7) is 0. The molecule has 0 aliphatic carbocycles. The first-order valence-electron chi connectivity index (χ1n) is 3.06. The van der Waals surface area contributed by atoms with Gasteiger partial charge >= 0.3 is 0 Å². The minimum Gasteiger partial charge on any atom is -0.122 e. The van der Waals surface area contributed by atoms with E-state index in [4.69, 9.17) is 11.6 Å². The van der Waals surface area contributed by atoms with Gasteiger partial charge in [-0.1, -0.05) is 40.2 Å². The standard InChI is InChI=1S/C8H8BrCl/c9-5-7-1-3-8(6-10)4-2-7/h1-4H,5-6H2. The molecule has 0 fully saturated rings. The molecule has 0 radical (unpaired) electrons. The van der Waals surface area contributed by atoms with Crippen LogP contribution in [0.15, 0.2) is 24.3 Å². The SMILES string of the molecule is ClCc1ccc(CBr)cc1. The number of rotatable bonds is 2. The highest BCUT2D eigenvalue weighted by molar-refractivity contribution is 9.08. The van der Waals surface area contributed by atoms with Crippen LogP contribution >= 0.6 is 27.5 Å². The van der Waals surface area contributed by atoms with Crippen molar-refractivity contribution in [1.82, 2.24) is 0 Å². The van der Waals surface area contributed by atoms with Gasteiger partial charge in [0, 0.05) is 11.2 Å². The Kier molecular flexibility index (Phi) is 3.23. The quantitative estimate of drug-likeness (QED) is 0.670. The second kappa shape index (κ2) is 3.99. The highest BCUT2D eigenvalue weighted by atomic mass is 79.9. The van der Waals surface area contributed by atoms with Crippen molar-refractivity contribution in [3.8, 4) is 0 Å². The zero-order chi connectivity index (χ0) is 7.40. The molecule has 0 N–H and O–H groups in total. The number of hydrogen-bond donors (Lipinski definition) is 0. The van der Waals surface area contributed by atoms with Crippen LogP contribution in [0.2, 0.25) is 0 Å². The second-order valence-electron chi connectivity index (χ2n) is 2.08. The van der Waals surface area contributed by atoms with Gasteiger partial charge in [0.1, 0.15) is 0 Å². The molecule has 1 rings (SSSR count). The zero-order valence-electron chi connectivity index (χ0n) is 5.48. The Bertz CT molecular complexity index is 170. The predicted molar refractivity (Wildman–Crippen MR) is 48.6 cm³/mol. The maximum Gasteiger partial charge on any atom is 0.0474 e. The summed E-state index contributed by atoms with van der Waals surface area (Å²) in [5.74, 6) is 0.600. The Balaban J connectivity index is 2.80. The molecule has 0 atom stereocenters. The first kappa shape index (κ1) is 8.09. The van der Waals surface area contributed by atoms with E-state index in [0.717, 1.165) is 5.33 Å². The molecular weight excluding hydrogens is 211 g/mol. The highest BCUT2D eigenvalue weighted by Gasteiger charge is 1.89. The Morgan fingerprint density at radius 2 is 1.60 bits per heavy atom. The minimum absolute atomic E-state index is 0.600. The number of benzene rings is 1. The average Bonchev–Trinajstić information content (AvgIpc) is 2.05. The fraction of sp³-hybridized carbons (Fsp3) is 0.250. The summed E-state index contributed by atoms with van der Waals surface area (Å²) in [7, 11) is 0. The number of hydrogen-bond acceptors (Lipinski definition) is 0. The van der Waals surface area contributed by atoms with Gasteiger partial charge in [-0.2, -0.15) is 0 Å². The van der Waals surface area contributed by atoms with Gasteiger partial charge in [-0.3, -0.25) is 0 Å². The normalized spacial score (nSPS) is 9.80. The molecular formula is C8H8BrCl. The van der Waals surface area contributed by atoms with Crippen molar-refractivity contribution in [3.05, 3.63) is 35.4 Å². The maximum atomic E-state index is 5.61. The van der Waals surface area contributed by atoms with Crippen LogP contribution in [0.3, 0.4) is 0 Å². The molecule has 0 saturated carbocycles. The molecule has 0 aliphatic heterocycles. The third-order valence-corrected chi connectivity index (χ3v) is 2.29. The zero-order valence-corrected chi connectivity index (χ0v) is 7.82. The van der Waals surface area contributed by atoms with Crippen LogP contribution in [0, 0.1) is 0 Å². The van der Waals surface area contributed by atoms with Crippen molar-refractivity contribution in [2.75, 3.05) is 0 Å². The predicted octanol–water partition coefficient (Wildman–Crippen LogP) is 3.32. The van der Waals surface area contributed by atoms with E-state index < -0.39 is 0 Å². The number of halogens is 2. The molecule has 0 heterocycles. The van der Waals surface area contributed by atoms with Crippen LogP contribution in [0.4, 0.5) is 0 Å². The van der Waals surface area contributed by atoms with Crippen LogP contribution in [-0.2, 0) is 11.2 Å². The fourth-order valence-corrected chi connectivity index (χ4v) is 1.27. The van der Waals surface area contributed by atoms with Crippen molar-refractivity contribution < 1.29 is 0 Å². The molecule has 0 aromatic heterocycles. The Labute approximate surface area is 74.3 Å². The van der Waals surface area contributed by atoms with Gasteiger partial charge in [0.2, 0.25) is 0 Å². The molecule has 0 spiro atoms. The van der Waals surface area contributed by atoms with E-state index in [1.165, 1.54) is 11.1 Å². The molecule has 1 aromatic carbocycles. The monoisotopic (exact) mass is 218 g/mol. The van der Waals surface area contributed by atoms with Crippen LogP contribution in [0.1, 0.15) is 11.1 Å². The van der Waals surface area contributed by atoms with Crippen molar-refractivity contribution in [1.29, 1.82) is 0 Å². The molecule has 0 saturated heterocycles. The van der Waals surface area contributed by atoms with Crippen LogP contribution in [0.5, 0.6) is 0 Å². The van der Waals surface area contributed by atoms with Crippen molar-refractivity contribution in [2.45, 2.75) is 11.2 Å². The molecule has 1 aromatic rings. The van der Waals surface area contributed by atoms with Gasteiger partial charge in [-0.05, 0) is 11.1 Å². The summed E-state index contributed by atoms with van der Waals surface area (Å²) in [6, 6.07) is 8.24. The van der Waals surface area contributed by atoms with E-state index in [0.29, 0.717) is 5.88 Å². The van der Waals surface area contributed by atoms with E-state index in [9.17, 15) is 0 Å². The summed E-state index contributed by atoms with van der Waals surface area (Å²) in [5, 5.41) is 0.912. The topological polar surface area (TPSA) is 0 Å². The minimum atomic E-state index is 0.600. The Hall–Kier alpha value is -0.0100. The molecule has 0 nitrogen and oxygen atoms in total. The first-order chi connectivity index (χ1) is 4.86. The van der Waals surface area contributed by atoms with E-state index >= 15 is 0 Å². The molecule has 0 unspecified atom stereocenters. The number of alkyl halides is 2. The molecule has 54 valence electrons. The van der Waals surface area contributed by atoms with E-state index in [2.05, 4.69) is 28.1 Å². The summed E-state index contributed by atoms with van der Waals surface area (Å²) >= 11 is 8.98. The molecule has 2 heteroatoms. The van der Waals surface area contributed by atoms with Crippen LogP contribution in [-0.4, -0.2) is 0 Å². The molecule has 0 aliphatic rings. The van der Waals surface area contributed by atoms with Crippen LogP contribution in [0.25, 0.3) is 0 Å². The molecule has 0 bridgehead atoms. The third-order valence-electron chi connectivity index (χ3n) is 1.33. The summed E-state index contributed by atoms with van der Waals surface area (Å²) in [4.78, 5) is 0. The maximum absolute atomic E-state index is 5.61. The lowest BCUT2D eigenvalue weighted by atomic mass is 10.2. The molecule has 0 amide bonds. The summed E-state index contributed by atoms with van der Waals surface area (Å²) in [5.41, 5.74) is 2.46. The largest absolute Gasteiger partial charge is 0.122 e. The summed E-state index contributed by atoms with van der Waals surface area (Å²) in [6.07, 6.45) is 0. The second-order valence-corrected chi connectivity index (χ2v) is 2.91. The lowest BCUT2D eigenvalue weighted by Gasteiger charge is -1.95. The van der Waals surface area contributed by atoms with E-state index in [1.807, 2.05) is 12.1 Å². The highest BCUT2D eigenvalue weighted by Crippen LogP contribution is 2.08. The van der Waals surface area contributed by atoms with Gasteiger partial charge in [0.15, 0.2) is 0 Å². The van der Waals surface area contributed by atoms with Crippen molar-refractivity contribution >= 4 is 27.5 Å². The van der Waals surface area contributed by atoms with Crippen molar-refractivity contribution in [3.63, 3.8) is 0 Å².